The lowest BCUT2D eigenvalue weighted by molar-refractivity contribution is 0.425. The molecule has 1 fully saturated rings. The smallest absolute Gasteiger partial charge is 0.0621 e. The van der Waals surface area contributed by atoms with Crippen molar-refractivity contribution in [3.63, 3.8) is 0 Å². The van der Waals surface area contributed by atoms with E-state index in [0.29, 0.717) is 12.0 Å². The molecule has 1 aromatic rings. The fourth-order valence-electron chi connectivity index (χ4n) is 2.21. The highest BCUT2D eigenvalue weighted by Crippen LogP contribution is 2.29. The molecule has 0 radical (unpaired) electrons. The van der Waals surface area contributed by atoms with Gasteiger partial charge in [0.25, 0.3) is 0 Å². The molecule has 2 heterocycles. The van der Waals surface area contributed by atoms with E-state index in [1.165, 1.54) is 23.5 Å². The van der Waals surface area contributed by atoms with Crippen LogP contribution in [0, 0.1) is 5.92 Å². The molecule has 4 heteroatoms. The molecule has 0 bridgehead atoms. The molecule has 2 atom stereocenters. The number of nitrogens with zero attached hydrogens (tertiary/aromatic N) is 1. The zero-order chi connectivity index (χ0) is 12.1. The summed E-state index contributed by atoms with van der Waals surface area (Å²) in [6, 6.07) is 2.69. The molecule has 2 rings (SSSR count). The molecule has 1 aliphatic rings. The Morgan fingerprint density at radius 2 is 2.41 bits per heavy atom. The summed E-state index contributed by atoms with van der Waals surface area (Å²) in [6.07, 6.45) is 5.84. The zero-order valence-corrected chi connectivity index (χ0v) is 11.7. The Kier molecular flexibility index (Phi) is 5.14. The Balaban J connectivity index is 1.95. The first-order chi connectivity index (χ1) is 8.31. The Morgan fingerprint density at radius 1 is 1.53 bits per heavy atom. The molecule has 0 spiro atoms. The van der Waals surface area contributed by atoms with Crippen LogP contribution in [0.5, 0.6) is 0 Å². The number of nitrogens with one attached hydrogen (secondary N) is 1. The maximum Gasteiger partial charge on any atom is 0.0621 e. The first-order valence-corrected chi connectivity index (χ1v) is 7.74. The fraction of sp³-hybridized carbons (Fsp3) is 0.615. The molecule has 0 saturated carbocycles. The van der Waals surface area contributed by atoms with Gasteiger partial charge in [-0.15, -0.1) is 0 Å². The molecule has 2 unspecified atom stereocenters. The lowest BCUT2D eigenvalue weighted by atomic mass is 9.95. The number of aromatic nitrogens is 1. The van der Waals surface area contributed by atoms with Crippen molar-refractivity contribution < 1.29 is 0 Å². The van der Waals surface area contributed by atoms with Crippen LogP contribution in [0.25, 0.3) is 0 Å². The van der Waals surface area contributed by atoms with E-state index in [4.69, 9.17) is 11.6 Å². The van der Waals surface area contributed by atoms with Crippen LogP contribution in [0.4, 0.5) is 0 Å². The average molecular weight is 271 g/mol. The lowest BCUT2D eigenvalue weighted by Gasteiger charge is -2.20. The van der Waals surface area contributed by atoms with E-state index >= 15 is 0 Å². The van der Waals surface area contributed by atoms with Gasteiger partial charge in [0.1, 0.15) is 0 Å². The van der Waals surface area contributed by atoms with E-state index in [2.05, 4.69) is 17.2 Å². The van der Waals surface area contributed by atoms with Gasteiger partial charge < -0.3 is 5.32 Å². The Hall–Kier alpha value is -0.250. The summed E-state index contributed by atoms with van der Waals surface area (Å²) in [6.45, 7) is 3.33. The maximum absolute atomic E-state index is 6.17. The number of pyridine rings is 1. The van der Waals surface area contributed by atoms with Crippen LogP contribution < -0.4 is 5.32 Å². The van der Waals surface area contributed by atoms with Crippen molar-refractivity contribution >= 4 is 23.4 Å². The van der Waals surface area contributed by atoms with Crippen LogP contribution in [0.2, 0.25) is 5.02 Å². The molecular formula is C13H19ClN2S. The van der Waals surface area contributed by atoms with Crippen LogP contribution >= 0.6 is 23.4 Å². The van der Waals surface area contributed by atoms with Crippen LogP contribution in [0.1, 0.15) is 18.9 Å². The van der Waals surface area contributed by atoms with Gasteiger partial charge in [-0.25, -0.2) is 0 Å². The highest BCUT2D eigenvalue weighted by atomic mass is 35.5. The second-order valence-corrected chi connectivity index (χ2v) is 6.01. The number of halogens is 1. The Labute approximate surface area is 113 Å². The summed E-state index contributed by atoms with van der Waals surface area (Å²) in [5.41, 5.74) is 1.23. The summed E-state index contributed by atoms with van der Waals surface area (Å²) in [5.74, 6) is 3.17. The minimum atomic E-state index is 0.643. The summed E-state index contributed by atoms with van der Waals surface area (Å²) in [5, 5.41) is 4.45. The van der Waals surface area contributed by atoms with Gasteiger partial charge in [0, 0.05) is 24.2 Å². The van der Waals surface area contributed by atoms with E-state index < -0.39 is 0 Å². The number of hydrogen-bond donors (Lipinski definition) is 1. The largest absolute Gasteiger partial charge is 0.313 e. The van der Waals surface area contributed by atoms with Crippen molar-refractivity contribution in [2.75, 3.05) is 18.1 Å². The molecular weight excluding hydrogens is 252 g/mol. The second kappa shape index (κ2) is 6.62. The maximum atomic E-state index is 6.17. The van der Waals surface area contributed by atoms with Crippen molar-refractivity contribution in [1.29, 1.82) is 0 Å². The normalized spacial score (nSPS) is 24.1. The second-order valence-electron chi connectivity index (χ2n) is 4.53. The molecule has 1 saturated heterocycles. The number of rotatable bonds is 5. The highest BCUT2D eigenvalue weighted by Gasteiger charge is 2.27. The van der Waals surface area contributed by atoms with Gasteiger partial charge in [-0.3, -0.25) is 4.98 Å². The molecule has 0 aliphatic carbocycles. The third-order valence-corrected chi connectivity index (χ3v) is 4.79. The molecule has 94 valence electrons. The SMILES string of the molecule is CCCNC1CSCC1Cc1ccncc1Cl. The van der Waals surface area contributed by atoms with Crippen molar-refractivity contribution in [1.82, 2.24) is 10.3 Å². The standard InChI is InChI=1S/C13H19ClN2S/c1-2-4-16-13-9-17-8-11(13)6-10-3-5-15-7-12(10)14/h3,5,7,11,13,16H,2,4,6,8-9H2,1H3. The van der Waals surface area contributed by atoms with Crippen molar-refractivity contribution in [2.24, 2.45) is 5.92 Å². The molecule has 0 aromatic carbocycles. The molecule has 0 amide bonds. The van der Waals surface area contributed by atoms with Gasteiger partial charge in [0.15, 0.2) is 0 Å². The van der Waals surface area contributed by atoms with E-state index in [1.807, 2.05) is 24.0 Å². The van der Waals surface area contributed by atoms with E-state index in [-0.39, 0.29) is 0 Å². The lowest BCUT2D eigenvalue weighted by Crippen LogP contribution is -2.36. The Bertz CT molecular complexity index is 359. The van der Waals surface area contributed by atoms with Crippen LogP contribution in [-0.2, 0) is 6.42 Å². The number of hydrogen-bond acceptors (Lipinski definition) is 3. The van der Waals surface area contributed by atoms with Crippen molar-refractivity contribution in [3.05, 3.63) is 29.0 Å². The fourth-order valence-corrected chi connectivity index (χ4v) is 3.84. The Morgan fingerprint density at radius 3 is 3.18 bits per heavy atom. The first-order valence-electron chi connectivity index (χ1n) is 6.20. The zero-order valence-electron chi connectivity index (χ0n) is 10.2. The van der Waals surface area contributed by atoms with E-state index in [1.54, 1.807) is 6.20 Å². The minimum Gasteiger partial charge on any atom is -0.313 e. The van der Waals surface area contributed by atoms with Gasteiger partial charge in [0.2, 0.25) is 0 Å². The predicted octanol–water partition coefficient (Wildman–Crippen LogP) is 3.01. The van der Waals surface area contributed by atoms with Gasteiger partial charge in [-0.05, 0) is 42.7 Å². The summed E-state index contributed by atoms with van der Waals surface area (Å²) < 4.78 is 0. The summed E-state index contributed by atoms with van der Waals surface area (Å²) in [4.78, 5) is 4.04. The van der Waals surface area contributed by atoms with Crippen molar-refractivity contribution in [3.8, 4) is 0 Å². The van der Waals surface area contributed by atoms with Crippen LogP contribution in [0.15, 0.2) is 18.5 Å². The molecule has 1 aromatic heterocycles. The van der Waals surface area contributed by atoms with E-state index in [9.17, 15) is 0 Å². The minimum absolute atomic E-state index is 0.643. The van der Waals surface area contributed by atoms with Gasteiger partial charge in [-0.2, -0.15) is 11.8 Å². The quantitative estimate of drug-likeness (QED) is 0.890. The average Bonchev–Trinajstić information content (AvgIpc) is 2.77. The third kappa shape index (κ3) is 3.60. The number of thioether (sulfide) groups is 1. The third-order valence-electron chi connectivity index (χ3n) is 3.19. The summed E-state index contributed by atoms with van der Waals surface area (Å²) >= 11 is 8.21. The van der Waals surface area contributed by atoms with Gasteiger partial charge in [0.05, 0.1) is 5.02 Å². The molecule has 1 aliphatic heterocycles. The van der Waals surface area contributed by atoms with E-state index in [0.717, 1.165) is 18.0 Å². The highest BCUT2D eigenvalue weighted by molar-refractivity contribution is 7.99. The van der Waals surface area contributed by atoms with Crippen LogP contribution in [-0.4, -0.2) is 29.1 Å². The molecule has 1 N–H and O–H groups in total. The van der Waals surface area contributed by atoms with Crippen molar-refractivity contribution in [2.45, 2.75) is 25.8 Å². The van der Waals surface area contributed by atoms with Gasteiger partial charge in [-0.1, -0.05) is 18.5 Å². The topological polar surface area (TPSA) is 24.9 Å². The van der Waals surface area contributed by atoms with Gasteiger partial charge >= 0.3 is 0 Å². The monoisotopic (exact) mass is 270 g/mol. The van der Waals surface area contributed by atoms with Crippen LogP contribution in [0.3, 0.4) is 0 Å². The summed E-state index contributed by atoms with van der Waals surface area (Å²) in [7, 11) is 0. The predicted molar refractivity (Wildman–Crippen MR) is 75.8 cm³/mol. The molecule has 17 heavy (non-hydrogen) atoms. The first kappa shape index (κ1) is 13.2. The molecule has 2 nitrogen and oxygen atoms in total.